The number of rotatable bonds is 5. The van der Waals surface area contributed by atoms with Gasteiger partial charge in [-0.1, -0.05) is 11.6 Å². The number of nitrogens with zero attached hydrogens (tertiary/aromatic N) is 5. The summed E-state index contributed by atoms with van der Waals surface area (Å²) in [6.45, 7) is 5.52. The Morgan fingerprint density at radius 1 is 1.10 bits per heavy atom. The zero-order chi connectivity index (χ0) is 14.5. The molecule has 1 aromatic carbocycles. The van der Waals surface area contributed by atoms with E-state index in [1.807, 2.05) is 24.3 Å². The van der Waals surface area contributed by atoms with Gasteiger partial charge in [0.15, 0.2) is 0 Å². The van der Waals surface area contributed by atoms with E-state index in [4.69, 9.17) is 16.3 Å². The zero-order valence-electron chi connectivity index (χ0n) is 11.8. The number of morpholine rings is 1. The summed E-state index contributed by atoms with van der Waals surface area (Å²) in [5.41, 5.74) is 0.929. The van der Waals surface area contributed by atoms with Crippen LogP contribution in [0.4, 0.5) is 0 Å². The average molecular weight is 308 g/mol. The molecule has 0 bridgehead atoms. The van der Waals surface area contributed by atoms with Crippen molar-refractivity contribution in [3.8, 4) is 11.4 Å². The highest BCUT2D eigenvalue weighted by Crippen LogP contribution is 2.16. The minimum absolute atomic E-state index is 0.637. The molecule has 0 amide bonds. The maximum atomic E-state index is 5.87. The molecule has 0 radical (unpaired) electrons. The third-order valence-electron chi connectivity index (χ3n) is 3.49. The first kappa shape index (κ1) is 14.4. The zero-order valence-corrected chi connectivity index (χ0v) is 12.5. The van der Waals surface area contributed by atoms with Crippen molar-refractivity contribution >= 4 is 11.6 Å². The summed E-state index contributed by atoms with van der Waals surface area (Å²) in [5, 5.41) is 13.3. The van der Waals surface area contributed by atoms with E-state index < -0.39 is 0 Å². The van der Waals surface area contributed by atoms with Crippen LogP contribution in [0.1, 0.15) is 6.42 Å². The molecule has 1 aliphatic rings. The molecule has 1 aliphatic heterocycles. The molecular weight excluding hydrogens is 290 g/mol. The minimum Gasteiger partial charge on any atom is -0.379 e. The van der Waals surface area contributed by atoms with Crippen LogP contribution in [0.15, 0.2) is 24.3 Å². The van der Waals surface area contributed by atoms with E-state index in [-0.39, 0.29) is 0 Å². The summed E-state index contributed by atoms with van der Waals surface area (Å²) in [4.78, 5) is 4.06. The SMILES string of the molecule is Clc1ccc(-c2nnn(CCCN3CCOCC3)n2)cc1. The predicted molar refractivity (Wildman–Crippen MR) is 80.1 cm³/mol. The molecule has 0 N–H and O–H groups in total. The first-order valence-corrected chi connectivity index (χ1v) is 7.53. The van der Waals surface area contributed by atoms with Crippen molar-refractivity contribution in [3.05, 3.63) is 29.3 Å². The molecule has 0 aliphatic carbocycles. The molecule has 112 valence electrons. The molecule has 1 aromatic heterocycles. The van der Waals surface area contributed by atoms with Crippen LogP contribution in [0, 0.1) is 0 Å². The largest absolute Gasteiger partial charge is 0.379 e. The van der Waals surface area contributed by atoms with Gasteiger partial charge in [-0.15, -0.1) is 10.2 Å². The molecule has 7 heteroatoms. The molecule has 0 atom stereocenters. The van der Waals surface area contributed by atoms with Gasteiger partial charge in [-0.25, -0.2) is 0 Å². The normalized spacial score (nSPS) is 16.2. The Morgan fingerprint density at radius 2 is 1.86 bits per heavy atom. The van der Waals surface area contributed by atoms with Crippen molar-refractivity contribution in [1.29, 1.82) is 0 Å². The van der Waals surface area contributed by atoms with Crippen molar-refractivity contribution in [2.24, 2.45) is 0 Å². The average Bonchev–Trinajstić information content (AvgIpc) is 2.98. The summed E-state index contributed by atoms with van der Waals surface area (Å²) in [5.74, 6) is 0.637. The second-order valence-corrected chi connectivity index (χ2v) is 5.46. The highest BCUT2D eigenvalue weighted by atomic mass is 35.5. The highest BCUT2D eigenvalue weighted by molar-refractivity contribution is 6.30. The molecule has 0 spiro atoms. The molecule has 21 heavy (non-hydrogen) atoms. The molecule has 3 rings (SSSR count). The van der Waals surface area contributed by atoms with Gasteiger partial charge < -0.3 is 4.74 Å². The van der Waals surface area contributed by atoms with Crippen LogP contribution in [0.2, 0.25) is 5.02 Å². The van der Waals surface area contributed by atoms with E-state index in [2.05, 4.69) is 20.3 Å². The standard InChI is InChI=1S/C14H18ClN5O/c15-13-4-2-12(3-5-13)14-16-18-20(17-14)7-1-6-19-8-10-21-11-9-19/h2-5H,1,6-11H2. The Bertz CT molecular complexity index is 565. The van der Waals surface area contributed by atoms with Gasteiger partial charge in [-0.2, -0.15) is 4.80 Å². The number of aromatic nitrogens is 4. The first-order chi connectivity index (χ1) is 10.3. The Morgan fingerprint density at radius 3 is 2.62 bits per heavy atom. The lowest BCUT2D eigenvalue weighted by Crippen LogP contribution is -2.37. The maximum Gasteiger partial charge on any atom is 0.204 e. The Balaban J connectivity index is 1.51. The number of benzene rings is 1. The van der Waals surface area contributed by atoms with E-state index in [0.717, 1.165) is 51.4 Å². The van der Waals surface area contributed by atoms with Crippen LogP contribution in [0.3, 0.4) is 0 Å². The number of halogens is 1. The monoisotopic (exact) mass is 307 g/mol. The summed E-state index contributed by atoms with van der Waals surface area (Å²) >= 11 is 5.87. The van der Waals surface area contributed by atoms with Crippen molar-refractivity contribution in [2.75, 3.05) is 32.8 Å². The van der Waals surface area contributed by atoms with Crippen molar-refractivity contribution < 1.29 is 4.74 Å². The van der Waals surface area contributed by atoms with Gasteiger partial charge in [0.05, 0.1) is 19.8 Å². The van der Waals surface area contributed by atoms with Gasteiger partial charge in [0.2, 0.25) is 5.82 Å². The van der Waals surface area contributed by atoms with Gasteiger partial charge >= 0.3 is 0 Å². The topological polar surface area (TPSA) is 56.1 Å². The fourth-order valence-corrected chi connectivity index (χ4v) is 2.44. The number of aryl methyl sites for hydroxylation is 1. The molecule has 0 unspecified atom stereocenters. The summed E-state index contributed by atoms with van der Waals surface area (Å²) in [7, 11) is 0. The lowest BCUT2D eigenvalue weighted by molar-refractivity contribution is 0.0367. The Labute approximate surface area is 128 Å². The third-order valence-corrected chi connectivity index (χ3v) is 3.74. The van der Waals surface area contributed by atoms with Crippen molar-refractivity contribution in [2.45, 2.75) is 13.0 Å². The van der Waals surface area contributed by atoms with Crippen LogP contribution in [0.5, 0.6) is 0 Å². The quantitative estimate of drug-likeness (QED) is 0.842. The van der Waals surface area contributed by atoms with Gasteiger partial charge in [-0.05, 0) is 35.9 Å². The molecule has 1 fully saturated rings. The third kappa shape index (κ3) is 4.00. The summed E-state index contributed by atoms with van der Waals surface area (Å²) in [6.07, 6.45) is 1.01. The molecule has 2 heterocycles. The van der Waals surface area contributed by atoms with Crippen LogP contribution in [0.25, 0.3) is 11.4 Å². The van der Waals surface area contributed by atoms with Crippen molar-refractivity contribution in [3.63, 3.8) is 0 Å². The van der Waals surface area contributed by atoms with E-state index in [9.17, 15) is 0 Å². The molecule has 0 saturated carbocycles. The minimum atomic E-state index is 0.637. The number of hydrogen-bond donors (Lipinski definition) is 0. The number of ether oxygens (including phenoxy) is 1. The van der Waals surface area contributed by atoms with E-state index in [1.165, 1.54) is 0 Å². The van der Waals surface area contributed by atoms with Gasteiger partial charge in [0, 0.05) is 30.2 Å². The van der Waals surface area contributed by atoms with Crippen LogP contribution in [-0.4, -0.2) is 58.0 Å². The summed E-state index contributed by atoms with van der Waals surface area (Å²) < 4.78 is 5.33. The first-order valence-electron chi connectivity index (χ1n) is 7.15. The van der Waals surface area contributed by atoms with E-state index in [0.29, 0.717) is 10.8 Å². The van der Waals surface area contributed by atoms with E-state index in [1.54, 1.807) is 4.80 Å². The number of hydrogen-bond acceptors (Lipinski definition) is 5. The fraction of sp³-hybridized carbons (Fsp3) is 0.500. The fourth-order valence-electron chi connectivity index (χ4n) is 2.31. The van der Waals surface area contributed by atoms with E-state index >= 15 is 0 Å². The molecule has 2 aromatic rings. The molecular formula is C14H18ClN5O. The maximum absolute atomic E-state index is 5.87. The lowest BCUT2D eigenvalue weighted by Gasteiger charge is -2.26. The Hall–Kier alpha value is -1.50. The van der Waals surface area contributed by atoms with Crippen molar-refractivity contribution in [1.82, 2.24) is 25.1 Å². The highest BCUT2D eigenvalue weighted by Gasteiger charge is 2.10. The van der Waals surface area contributed by atoms with Crippen LogP contribution >= 0.6 is 11.6 Å². The smallest absolute Gasteiger partial charge is 0.204 e. The van der Waals surface area contributed by atoms with Gasteiger partial charge in [0.1, 0.15) is 0 Å². The second-order valence-electron chi connectivity index (χ2n) is 5.02. The predicted octanol–water partition coefficient (Wildman–Crippen LogP) is 1.72. The number of tetrazole rings is 1. The Kier molecular flexibility index (Phi) is 4.80. The van der Waals surface area contributed by atoms with Crippen LogP contribution < -0.4 is 0 Å². The van der Waals surface area contributed by atoms with Crippen LogP contribution in [-0.2, 0) is 11.3 Å². The van der Waals surface area contributed by atoms with Gasteiger partial charge in [0.25, 0.3) is 0 Å². The second kappa shape index (κ2) is 6.98. The lowest BCUT2D eigenvalue weighted by atomic mass is 10.2. The van der Waals surface area contributed by atoms with Gasteiger partial charge in [-0.3, -0.25) is 4.90 Å². The summed E-state index contributed by atoms with van der Waals surface area (Å²) in [6, 6.07) is 7.46. The molecule has 6 nitrogen and oxygen atoms in total. The molecule has 1 saturated heterocycles.